The lowest BCUT2D eigenvalue weighted by Gasteiger charge is -2.27. The number of nitrogens with zero attached hydrogens (tertiary/aromatic N) is 4. The Morgan fingerprint density at radius 1 is 1.15 bits per heavy atom. The topological polar surface area (TPSA) is 77.3 Å². The second-order valence-corrected chi connectivity index (χ2v) is 9.13. The predicted octanol–water partition coefficient (Wildman–Crippen LogP) is 2.09. The highest BCUT2D eigenvalue weighted by Gasteiger charge is 2.20. The van der Waals surface area contributed by atoms with Crippen LogP contribution in [0.3, 0.4) is 0 Å². The van der Waals surface area contributed by atoms with Crippen LogP contribution in [-0.2, 0) is 21.1 Å². The van der Waals surface area contributed by atoms with Gasteiger partial charge in [-0.25, -0.2) is 8.42 Å². The van der Waals surface area contributed by atoms with Gasteiger partial charge < -0.3 is 9.64 Å². The van der Waals surface area contributed by atoms with E-state index in [2.05, 4.69) is 26.6 Å². The second-order valence-electron chi connectivity index (χ2n) is 5.96. The summed E-state index contributed by atoms with van der Waals surface area (Å²) < 4.78 is 32.1. The Hall–Kier alpha value is -1.58. The maximum atomic E-state index is 12.3. The number of hydrogen-bond acceptors (Lipinski definition) is 7. The molecule has 26 heavy (non-hydrogen) atoms. The molecule has 1 aromatic heterocycles. The van der Waals surface area contributed by atoms with Crippen molar-refractivity contribution in [1.82, 2.24) is 14.8 Å². The molecule has 0 bridgehead atoms. The predicted molar refractivity (Wildman–Crippen MR) is 103 cm³/mol. The van der Waals surface area contributed by atoms with E-state index in [0.717, 1.165) is 30.7 Å². The molecule has 1 aliphatic heterocycles. The van der Waals surface area contributed by atoms with Crippen molar-refractivity contribution in [3.05, 3.63) is 30.3 Å². The van der Waals surface area contributed by atoms with Crippen LogP contribution in [0.5, 0.6) is 0 Å². The van der Waals surface area contributed by atoms with Crippen LogP contribution in [0.2, 0.25) is 0 Å². The number of benzene rings is 1. The summed E-state index contributed by atoms with van der Waals surface area (Å²) in [5, 5.41) is 9.47. The summed E-state index contributed by atoms with van der Waals surface area (Å²) in [5.74, 6) is 1.70. The summed E-state index contributed by atoms with van der Waals surface area (Å²) in [6, 6.07) is 8.60. The van der Waals surface area contributed by atoms with Gasteiger partial charge >= 0.3 is 0 Å². The highest BCUT2D eigenvalue weighted by molar-refractivity contribution is 7.99. The summed E-state index contributed by atoms with van der Waals surface area (Å²) in [6.45, 7) is 5.89. The summed E-state index contributed by atoms with van der Waals surface area (Å²) >= 11 is 1.56. The quantitative estimate of drug-likeness (QED) is 0.499. The fourth-order valence-corrected chi connectivity index (χ4v) is 5.27. The lowest BCUT2D eigenvalue weighted by atomic mass is 10.4. The molecule has 2 aromatic rings. The Kier molecular flexibility index (Phi) is 6.55. The monoisotopic (exact) mass is 396 g/mol. The van der Waals surface area contributed by atoms with Gasteiger partial charge in [0.2, 0.25) is 5.95 Å². The van der Waals surface area contributed by atoms with Gasteiger partial charge in [-0.1, -0.05) is 30.0 Å². The van der Waals surface area contributed by atoms with Gasteiger partial charge in [-0.15, -0.1) is 10.2 Å². The normalized spacial score (nSPS) is 15.3. The summed E-state index contributed by atoms with van der Waals surface area (Å²) in [5.41, 5.74) is 0. The first-order valence-electron chi connectivity index (χ1n) is 8.78. The molecule has 0 unspecified atom stereocenters. The minimum absolute atomic E-state index is 0.139. The molecular weight excluding hydrogens is 372 g/mol. The van der Waals surface area contributed by atoms with Crippen molar-refractivity contribution in [2.45, 2.75) is 29.9 Å². The standard InChI is InChI=1S/C17H24N4O3S2/c1-2-21-16(20-9-11-24-12-10-20)18-19-17(21)25-13-6-14-26(22,23)15-7-4-3-5-8-15/h3-5,7-8H,2,6,9-14H2,1H3. The Labute approximate surface area is 158 Å². The number of thioether (sulfide) groups is 1. The molecule has 0 aliphatic carbocycles. The molecule has 2 heterocycles. The van der Waals surface area contributed by atoms with Gasteiger partial charge in [0.25, 0.3) is 0 Å². The number of hydrogen-bond donors (Lipinski definition) is 0. The van der Waals surface area contributed by atoms with Gasteiger partial charge in [-0.3, -0.25) is 4.57 Å². The van der Waals surface area contributed by atoms with E-state index in [1.165, 1.54) is 0 Å². The molecule has 7 nitrogen and oxygen atoms in total. The van der Waals surface area contributed by atoms with Crippen molar-refractivity contribution in [2.75, 3.05) is 42.7 Å². The van der Waals surface area contributed by atoms with E-state index in [4.69, 9.17) is 4.74 Å². The Bertz CT molecular complexity index is 803. The van der Waals surface area contributed by atoms with Gasteiger partial charge in [0.05, 0.1) is 23.9 Å². The third-order valence-electron chi connectivity index (χ3n) is 4.20. The van der Waals surface area contributed by atoms with Gasteiger partial charge in [0.15, 0.2) is 15.0 Å². The first-order chi connectivity index (χ1) is 12.6. The first-order valence-corrected chi connectivity index (χ1v) is 11.4. The van der Waals surface area contributed by atoms with Crippen LogP contribution < -0.4 is 4.90 Å². The maximum Gasteiger partial charge on any atom is 0.228 e. The second kappa shape index (κ2) is 8.88. The SMILES string of the molecule is CCn1c(SCCCS(=O)(=O)c2ccccc2)nnc1N1CCOCC1. The third-order valence-corrected chi connectivity index (χ3v) is 7.07. The number of ether oxygens (including phenoxy) is 1. The average molecular weight is 397 g/mol. The van der Waals surface area contributed by atoms with Gasteiger partial charge in [-0.2, -0.15) is 0 Å². The van der Waals surface area contributed by atoms with Crippen molar-refractivity contribution >= 4 is 27.5 Å². The number of aromatic nitrogens is 3. The van der Waals surface area contributed by atoms with Crippen molar-refractivity contribution in [3.8, 4) is 0 Å². The molecule has 0 saturated carbocycles. The molecule has 0 amide bonds. The highest BCUT2D eigenvalue weighted by Crippen LogP contribution is 2.23. The van der Waals surface area contributed by atoms with Crippen LogP contribution in [-0.4, -0.2) is 61.0 Å². The van der Waals surface area contributed by atoms with Crippen molar-refractivity contribution in [1.29, 1.82) is 0 Å². The summed E-state index contributed by atoms with van der Waals surface area (Å²) in [7, 11) is -3.22. The van der Waals surface area contributed by atoms with Gasteiger partial charge in [-0.05, 0) is 25.5 Å². The highest BCUT2D eigenvalue weighted by atomic mass is 32.2. The van der Waals surface area contributed by atoms with E-state index in [0.29, 0.717) is 30.3 Å². The lowest BCUT2D eigenvalue weighted by molar-refractivity contribution is 0.121. The van der Waals surface area contributed by atoms with Crippen molar-refractivity contribution in [2.24, 2.45) is 0 Å². The van der Waals surface area contributed by atoms with Crippen LogP contribution in [0, 0.1) is 0 Å². The molecule has 0 N–H and O–H groups in total. The maximum absolute atomic E-state index is 12.3. The fourth-order valence-electron chi connectivity index (χ4n) is 2.82. The summed E-state index contributed by atoms with van der Waals surface area (Å²) in [6.07, 6.45) is 0.575. The van der Waals surface area contributed by atoms with E-state index in [-0.39, 0.29) is 5.75 Å². The Balaban J connectivity index is 1.56. The molecule has 0 radical (unpaired) electrons. The Morgan fingerprint density at radius 2 is 1.88 bits per heavy atom. The minimum atomic E-state index is -3.22. The van der Waals surface area contributed by atoms with Crippen LogP contribution in [0.25, 0.3) is 0 Å². The number of sulfone groups is 1. The van der Waals surface area contributed by atoms with Crippen LogP contribution in [0.1, 0.15) is 13.3 Å². The molecular formula is C17H24N4O3S2. The third kappa shape index (κ3) is 4.57. The number of rotatable bonds is 8. The molecule has 0 spiro atoms. The van der Waals surface area contributed by atoms with Crippen LogP contribution >= 0.6 is 11.8 Å². The Morgan fingerprint density at radius 3 is 2.58 bits per heavy atom. The van der Waals surface area contributed by atoms with E-state index in [1.807, 2.05) is 6.07 Å². The molecule has 3 rings (SSSR count). The molecule has 1 saturated heterocycles. The van der Waals surface area contributed by atoms with E-state index < -0.39 is 9.84 Å². The molecule has 1 aromatic carbocycles. The molecule has 142 valence electrons. The smallest absolute Gasteiger partial charge is 0.228 e. The van der Waals surface area contributed by atoms with E-state index >= 15 is 0 Å². The van der Waals surface area contributed by atoms with E-state index in [9.17, 15) is 8.42 Å². The average Bonchev–Trinajstić information content (AvgIpc) is 3.09. The number of morpholine rings is 1. The van der Waals surface area contributed by atoms with Crippen molar-refractivity contribution < 1.29 is 13.2 Å². The zero-order valence-electron chi connectivity index (χ0n) is 14.9. The van der Waals surface area contributed by atoms with E-state index in [1.54, 1.807) is 36.0 Å². The first kappa shape index (κ1) is 19.2. The van der Waals surface area contributed by atoms with Crippen LogP contribution in [0.15, 0.2) is 40.4 Å². The zero-order valence-corrected chi connectivity index (χ0v) is 16.5. The molecule has 0 atom stereocenters. The lowest BCUT2D eigenvalue weighted by Crippen LogP contribution is -2.38. The molecule has 1 aliphatic rings. The van der Waals surface area contributed by atoms with Crippen LogP contribution in [0.4, 0.5) is 5.95 Å². The van der Waals surface area contributed by atoms with Gasteiger partial charge in [0, 0.05) is 25.4 Å². The van der Waals surface area contributed by atoms with Crippen molar-refractivity contribution in [3.63, 3.8) is 0 Å². The largest absolute Gasteiger partial charge is 0.378 e. The fraction of sp³-hybridized carbons (Fsp3) is 0.529. The number of anilines is 1. The zero-order chi connectivity index (χ0) is 18.4. The minimum Gasteiger partial charge on any atom is -0.378 e. The molecule has 1 fully saturated rings. The van der Waals surface area contributed by atoms with Gasteiger partial charge in [0.1, 0.15) is 0 Å². The molecule has 9 heteroatoms. The summed E-state index contributed by atoms with van der Waals surface area (Å²) in [4.78, 5) is 2.57.